The van der Waals surface area contributed by atoms with Gasteiger partial charge in [-0.3, -0.25) is 4.57 Å². The van der Waals surface area contributed by atoms with E-state index in [-0.39, 0.29) is 0 Å². The molecule has 0 aliphatic rings. The zero-order valence-corrected chi connectivity index (χ0v) is 6.17. The van der Waals surface area contributed by atoms with E-state index < -0.39 is 5.85 Å². The predicted octanol–water partition coefficient (Wildman–Crippen LogP) is 3.19. The van der Waals surface area contributed by atoms with Gasteiger partial charge in [0.2, 0.25) is 0 Å². The van der Waals surface area contributed by atoms with E-state index in [2.05, 4.69) is 0 Å². The number of hydrogen-bond acceptors (Lipinski definition) is 1. The van der Waals surface area contributed by atoms with Crippen molar-refractivity contribution in [1.82, 2.24) is 0 Å². The molecule has 0 aromatic rings. The van der Waals surface area contributed by atoms with E-state index in [9.17, 15) is 4.57 Å². The lowest BCUT2D eigenvalue weighted by Crippen LogP contribution is -1.42. The molecule has 0 saturated heterocycles. The van der Waals surface area contributed by atoms with Gasteiger partial charge in [0.15, 0.2) is 0 Å². The van der Waals surface area contributed by atoms with Gasteiger partial charge in [-0.15, -0.1) is 0 Å². The van der Waals surface area contributed by atoms with Gasteiger partial charge in [0, 0.05) is 0 Å². The van der Waals surface area contributed by atoms with Crippen LogP contribution in [0, 0.1) is 0 Å². The van der Waals surface area contributed by atoms with Crippen LogP contribution in [0.2, 0.25) is 0 Å². The van der Waals surface area contributed by atoms with Crippen LogP contribution in [-0.4, -0.2) is 0 Å². The highest BCUT2D eigenvalue weighted by atomic mass is 35.9. The molecule has 7 heavy (non-hydrogen) atoms. The summed E-state index contributed by atoms with van der Waals surface area (Å²) in [7, 11) is 0. The minimum Gasteiger partial charge on any atom is -0.285 e. The summed E-state index contributed by atoms with van der Waals surface area (Å²) in [6, 6.07) is 0. The molecule has 42 valence electrons. The molecule has 0 unspecified atom stereocenters. The maximum absolute atomic E-state index is 10.3. The van der Waals surface area contributed by atoms with Crippen molar-refractivity contribution in [1.29, 1.82) is 0 Å². The van der Waals surface area contributed by atoms with Crippen LogP contribution < -0.4 is 0 Å². The first kappa shape index (κ1) is 7.55. The number of allylic oxidation sites excluding steroid dienone is 1. The Hall–Kier alpha value is 0.550. The Kier molecular flexibility index (Phi) is 2.98. The molecule has 0 saturated carbocycles. The lowest BCUT2D eigenvalue weighted by atomic mass is 10.8. The minimum absolute atomic E-state index is 1.27. The van der Waals surface area contributed by atoms with E-state index in [0.717, 1.165) is 0 Å². The molecule has 0 heterocycles. The van der Waals surface area contributed by atoms with E-state index in [0.29, 0.717) is 0 Å². The van der Waals surface area contributed by atoms with Crippen molar-refractivity contribution in [2.45, 2.75) is 6.92 Å². The van der Waals surface area contributed by atoms with E-state index in [1.165, 1.54) is 5.82 Å². The van der Waals surface area contributed by atoms with E-state index in [1.54, 1.807) is 13.0 Å². The summed E-state index contributed by atoms with van der Waals surface area (Å²) >= 11 is 10.1. The third kappa shape index (κ3) is 6.55. The van der Waals surface area contributed by atoms with Crippen molar-refractivity contribution >= 4 is 28.3 Å². The number of halogens is 2. The summed E-state index contributed by atoms with van der Waals surface area (Å²) < 4.78 is 10.3. The van der Waals surface area contributed by atoms with Gasteiger partial charge in [-0.2, -0.15) is 0 Å². The highest BCUT2D eigenvalue weighted by molar-refractivity contribution is 8.10. The van der Waals surface area contributed by atoms with Crippen LogP contribution in [0.3, 0.4) is 0 Å². The molecule has 0 fully saturated rings. The van der Waals surface area contributed by atoms with Crippen LogP contribution in [0.25, 0.3) is 0 Å². The second kappa shape index (κ2) is 2.76. The maximum atomic E-state index is 10.3. The third-order valence-electron chi connectivity index (χ3n) is 0.323. The summed E-state index contributed by atoms with van der Waals surface area (Å²) in [6.07, 6.45) is 1.56. The summed E-state index contributed by atoms with van der Waals surface area (Å²) in [5.74, 6) is -1.63. The van der Waals surface area contributed by atoms with Gasteiger partial charge in [0.25, 0.3) is 5.85 Å². The molecular formula is C3H5Cl2OP. The van der Waals surface area contributed by atoms with Crippen LogP contribution in [0.5, 0.6) is 0 Å². The van der Waals surface area contributed by atoms with E-state index >= 15 is 0 Å². The molecule has 0 aliphatic heterocycles. The summed E-state index contributed by atoms with van der Waals surface area (Å²) in [5, 5.41) is 0. The Morgan fingerprint density at radius 2 is 2.00 bits per heavy atom. The molecule has 0 N–H and O–H groups in total. The Labute approximate surface area is 52.3 Å². The molecule has 0 aliphatic carbocycles. The molecule has 0 radical (unpaired) electrons. The minimum atomic E-state index is -2.90. The Bertz CT molecular complexity index is 114. The van der Waals surface area contributed by atoms with Gasteiger partial charge in [-0.1, -0.05) is 6.08 Å². The molecule has 0 spiro atoms. The third-order valence-corrected chi connectivity index (χ3v) is 1.64. The monoisotopic (exact) mass is 158 g/mol. The van der Waals surface area contributed by atoms with Crippen LogP contribution in [0.15, 0.2) is 11.9 Å². The quantitative estimate of drug-likeness (QED) is 0.536. The van der Waals surface area contributed by atoms with E-state index in [4.69, 9.17) is 22.5 Å². The standard InChI is InChI=1S/C3H5Cl2OP/c1-2-3-7(4,5)6/h2-3H,1H3. The first-order valence-electron chi connectivity index (χ1n) is 1.69. The first-order valence-corrected chi connectivity index (χ1v) is 5.28. The molecule has 4 heteroatoms. The van der Waals surface area contributed by atoms with Crippen molar-refractivity contribution in [2.75, 3.05) is 0 Å². The zero-order valence-electron chi connectivity index (χ0n) is 3.77. The van der Waals surface area contributed by atoms with Crippen molar-refractivity contribution in [2.24, 2.45) is 0 Å². The lowest BCUT2D eigenvalue weighted by Gasteiger charge is -1.85. The second-order valence-electron chi connectivity index (χ2n) is 0.985. The molecule has 0 rings (SSSR count). The van der Waals surface area contributed by atoms with Crippen LogP contribution in [-0.2, 0) is 4.57 Å². The summed E-state index contributed by atoms with van der Waals surface area (Å²) in [4.78, 5) is 0. The van der Waals surface area contributed by atoms with Gasteiger partial charge < -0.3 is 0 Å². The van der Waals surface area contributed by atoms with Crippen LogP contribution in [0.4, 0.5) is 0 Å². The average molecular weight is 159 g/mol. The Balaban J connectivity index is 3.82. The largest absolute Gasteiger partial charge is 0.285 e. The smallest absolute Gasteiger partial charge is 0.274 e. The van der Waals surface area contributed by atoms with Gasteiger partial charge in [-0.25, -0.2) is 0 Å². The summed E-state index contributed by atoms with van der Waals surface area (Å²) in [5.41, 5.74) is 0. The van der Waals surface area contributed by atoms with Crippen molar-refractivity contribution < 1.29 is 4.57 Å². The Morgan fingerprint density at radius 3 is 2.00 bits per heavy atom. The van der Waals surface area contributed by atoms with Gasteiger partial charge >= 0.3 is 0 Å². The van der Waals surface area contributed by atoms with Crippen molar-refractivity contribution in [3.63, 3.8) is 0 Å². The molecule has 0 bridgehead atoms. The van der Waals surface area contributed by atoms with Gasteiger partial charge in [0.1, 0.15) is 0 Å². The normalized spacial score (nSPS) is 13.0. The SMILES string of the molecule is CC=CP(=O)(Cl)Cl. The number of rotatable bonds is 1. The fourth-order valence-electron chi connectivity index (χ4n) is 0.174. The molecule has 1 nitrogen and oxygen atoms in total. The van der Waals surface area contributed by atoms with Crippen molar-refractivity contribution in [3.8, 4) is 0 Å². The highest BCUT2D eigenvalue weighted by Crippen LogP contribution is 2.57. The highest BCUT2D eigenvalue weighted by Gasteiger charge is 2.04. The first-order chi connectivity index (χ1) is 3.06. The van der Waals surface area contributed by atoms with Crippen LogP contribution >= 0.6 is 28.3 Å². The lowest BCUT2D eigenvalue weighted by molar-refractivity contribution is 0.597. The molecular weight excluding hydrogens is 154 g/mol. The Morgan fingerprint density at radius 1 is 1.57 bits per heavy atom. The van der Waals surface area contributed by atoms with Gasteiger partial charge in [-0.05, 0) is 35.2 Å². The molecule has 0 amide bonds. The maximum Gasteiger partial charge on any atom is 0.274 e. The van der Waals surface area contributed by atoms with Gasteiger partial charge in [0.05, 0.1) is 0 Å². The van der Waals surface area contributed by atoms with Crippen LogP contribution in [0.1, 0.15) is 6.92 Å². The second-order valence-corrected chi connectivity index (χ2v) is 5.82. The number of hydrogen-bond donors (Lipinski definition) is 0. The topological polar surface area (TPSA) is 17.1 Å². The molecule has 0 atom stereocenters. The van der Waals surface area contributed by atoms with E-state index in [1.807, 2.05) is 0 Å². The average Bonchev–Trinajstić information content (AvgIpc) is 1.30. The fraction of sp³-hybridized carbons (Fsp3) is 0.333. The van der Waals surface area contributed by atoms with Crippen molar-refractivity contribution in [3.05, 3.63) is 11.9 Å². The molecule has 0 aromatic carbocycles. The fourth-order valence-corrected chi connectivity index (χ4v) is 1.20. The summed E-state index contributed by atoms with van der Waals surface area (Å²) in [6.45, 7) is 1.71. The zero-order chi connectivity index (χ0) is 5.91. The predicted molar refractivity (Wildman–Crippen MR) is 34.1 cm³/mol. The molecule has 0 aromatic heterocycles.